The van der Waals surface area contributed by atoms with Crippen LogP contribution in [0.5, 0.6) is 0 Å². The summed E-state index contributed by atoms with van der Waals surface area (Å²) in [5.74, 6) is 0. The Morgan fingerprint density at radius 1 is 1.47 bits per heavy atom. The molecule has 104 valence electrons. The van der Waals surface area contributed by atoms with E-state index in [-0.39, 0.29) is 6.08 Å². The molecule has 0 spiro atoms. The summed E-state index contributed by atoms with van der Waals surface area (Å²) in [5, 5.41) is 3.40. The van der Waals surface area contributed by atoms with Gasteiger partial charge in [0.05, 0.1) is 6.17 Å². The maximum absolute atomic E-state index is 12.1. The summed E-state index contributed by atoms with van der Waals surface area (Å²) in [5.41, 5.74) is 0.915. The number of hydrogen-bond acceptors (Lipinski definition) is 3. The van der Waals surface area contributed by atoms with E-state index in [9.17, 15) is 13.2 Å². The summed E-state index contributed by atoms with van der Waals surface area (Å²) < 4.78 is 36.4. The Balaban J connectivity index is 1.99. The van der Waals surface area contributed by atoms with Crippen LogP contribution in [0.2, 0.25) is 5.15 Å². The molecule has 0 amide bonds. The summed E-state index contributed by atoms with van der Waals surface area (Å²) in [6, 6.07) is 3.49. The average molecular weight is 292 g/mol. The lowest BCUT2D eigenvalue weighted by Crippen LogP contribution is -2.33. The first-order chi connectivity index (χ1) is 8.94. The van der Waals surface area contributed by atoms with Crippen molar-refractivity contribution in [3.8, 4) is 0 Å². The van der Waals surface area contributed by atoms with E-state index in [1.165, 1.54) is 0 Å². The molecular weight excluding hydrogens is 279 g/mol. The van der Waals surface area contributed by atoms with Gasteiger partial charge in [0.15, 0.2) is 0 Å². The van der Waals surface area contributed by atoms with Gasteiger partial charge in [-0.15, -0.1) is 0 Å². The molecule has 1 aliphatic rings. The molecule has 1 saturated heterocycles. The van der Waals surface area contributed by atoms with Gasteiger partial charge in [0.1, 0.15) is 5.15 Å². The van der Waals surface area contributed by atoms with Crippen LogP contribution in [-0.2, 0) is 6.54 Å². The fourth-order valence-corrected chi connectivity index (χ4v) is 2.04. The molecule has 0 aromatic carbocycles. The van der Waals surface area contributed by atoms with Gasteiger partial charge in [-0.05, 0) is 17.7 Å². The Hall–Kier alpha value is -1.11. The average Bonchev–Trinajstić information content (AvgIpc) is 2.76. The molecule has 1 aromatic rings. The van der Waals surface area contributed by atoms with Crippen molar-refractivity contribution in [3.63, 3.8) is 0 Å². The zero-order chi connectivity index (χ0) is 13.9. The highest BCUT2D eigenvalue weighted by molar-refractivity contribution is 6.29. The molecule has 0 aliphatic carbocycles. The summed E-state index contributed by atoms with van der Waals surface area (Å²) in [6.07, 6.45) is -1.65. The zero-order valence-electron chi connectivity index (χ0n) is 9.99. The van der Waals surface area contributed by atoms with Crippen LogP contribution in [0.25, 0.3) is 0 Å². The highest BCUT2D eigenvalue weighted by atomic mass is 35.5. The molecule has 0 saturated carbocycles. The number of aromatic nitrogens is 1. The van der Waals surface area contributed by atoms with Crippen molar-refractivity contribution in [2.45, 2.75) is 18.9 Å². The highest BCUT2D eigenvalue weighted by Crippen LogP contribution is 2.18. The Labute approximate surface area is 114 Å². The Morgan fingerprint density at radius 3 is 2.89 bits per heavy atom. The van der Waals surface area contributed by atoms with Gasteiger partial charge in [0, 0.05) is 31.9 Å². The molecule has 1 unspecified atom stereocenters. The van der Waals surface area contributed by atoms with Gasteiger partial charge in [0.2, 0.25) is 0 Å². The molecule has 0 bridgehead atoms. The van der Waals surface area contributed by atoms with Crippen molar-refractivity contribution < 1.29 is 13.2 Å². The number of allylic oxidation sites excluding steroid dienone is 1. The van der Waals surface area contributed by atoms with Crippen molar-refractivity contribution in [1.29, 1.82) is 0 Å². The Kier molecular flexibility index (Phi) is 4.44. The first-order valence-corrected chi connectivity index (χ1v) is 6.16. The number of hydrogen-bond donors (Lipinski definition) is 1. The molecule has 7 heteroatoms. The van der Waals surface area contributed by atoms with Crippen LogP contribution in [0.15, 0.2) is 30.5 Å². The van der Waals surface area contributed by atoms with E-state index >= 15 is 0 Å². The van der Waals surface area contributed by atoms with E-state index in [2.05, 4.69) is 10.3 Å². The minimum absolute atomic E-state index is 0.267. The molecule has 0 radical (unpaired) electrons. The third kappa shape index (κ3) is 4.49. The zero-order valence-corrected chi connectivity index (χ0v) is 10.7. The van der Waals surface area contributed by atoms with Crippen LogP contribution in [-0.4, -0.2) is 35.3 Å². The lowest BCUT2D eigenvalue weighted by molar-refractivity contribution is -0.0803. The second kappa shape index (κ2) is 5.90. The summed E-state index contributed by atoms with van der Waals surface area (Å²) in [4.78, 5) is 5.86. The van der Waals surface area contributed by atoms with Crippen molar-refractivity contribution in [3.05, 3.63) is 41.2 Å². The number of halogens is 4. The van der Waals surface area contributed by atoms with Gasteiger partial charge < -0.3 is 0 Å². The third-order valence-electron chi connectivity index (χ3n) is 2.79. The lowest BCUT2D eigenvalue weighted by Gasteiger charge is -2.21. The number of pyridine rings is 1. The SMILES string of the molecule is FC(F)(F)C=CC1NCCN1Cc1ccc(Cl)nc1. The van der Waals surface area contributed by atoms with Gasteiger partial charge in [-0.3, -0.25) is 10.2 Å². The second-order valence-corrected chi connectivity index (χ2v) is 4.65. The van der Waals surface area contributed by atoms with Crippen LogP contribution in [0.4, 0.5) is 13.2 Å². The lowest BCUT2D eigenvalue weighted by atomic mass is 10.2. The van der Waals surface area contributed by atoms with E-state index < -0.39 is 12.3 Å². The molecule has 1 aliphatic heterocycles. The predicted molar refractivity (Wildman–Crippen MR) is 66.6 cm³/mol. The van der Waals surface area contributed by atoms with Gasteiger partial charge in [-0.2, -0.15) is 13.2 Å². The number of nitrogens with one attached hydrogen (secondary N) is 1. The van der Waals surface area contributed by atoms with Crippen LogP contribution in [0.1, 0.15) is 5.56 Å². The predicted octanol–water partition coefficient (Wildman–Crippen LogP) is 2.58. The van der Waals surface area contributed by atoms with E-state index in [0.29, 0.717) is 24.8 Å². The van der Waals surface area contributed by atoms with Crippen LogP contribution in [0.3, 0.4) is 0 Å². The Morgan fingerprint density at radius 2 is 2.26 bits per heavy atom. The van der Waals surface area contributed by atoms with E-state index in [0.717, 1.165) is 11.6 Å². The summed E-state index contributed by atoms with van der Waals surface area (Å²) >= 11 is 5.68. The minimum atomic E-state index is -4.28. The summed E-state index contributed by atoms with van der Waals surface area (Å²) in [6.45, 7) is 1.88. The highest BCUT2D eigenvalue weighted by Gasteiger charge is 2.26. The monoisotopic (exact) mass is 291 g/mol. The first-order valence-electron chi connectivity index (χ1n) is 5.78. The standard InChI is InChI=1S/C12H13ClF3N3/c13-10-2-1-9(7-18-10)8-19-6-5-17-11(19)3-4-12(14,15)16/h1-4,7,11,17H,5-6,8H2. The number of rotatable bonds is 3. The smallest absolute Gasteiger partial charge is 0.297 e. The molecule has 1 N–H and O–H groups in total. The molecule has 1 atom stereocenters. The summed E-state index contributed by atoms with van der Waals surface area (Å²) in [7, 11) is 0. The Bertz CT molecular complexity index is 445. The van der Waals surface area contributed by atoms with Crippen molar-refractivity contribution in [2.75, 3.05) is 13.1 Å². The molecule has 2 rings (SSSR count). The molecule has 3 nitrogen and oxygen atoms in total. The second-order valence-electron chi connectivity index (χ2n) is 4.26. The number of nitrogens with zero attached hydrogens (tertiary/aromatic N) is 2. The molecule has 1 aromatic heterocycles. The fraction of sp³-hybridized carbons (Fsp3) is 0.417. The van der Waals surface area contributed by atoms with Crippen molar-refractivity contribution in [1.82, 2.24) is 15.2 Å². The van der Waals surface area contributed by atoms with Crippen LogP contribution in [0, 0.1) is 0 Å². The molecule has 19 heavy (non-hydrogen) atoms. The van der Waals surface area contributed by atoms with E-state index in [4.69, 9.17) is 11.6 Å². The fourth-order valence-electron chi connectivity index (χ4n) is 1.93. The number of alkyl halides is 3. The van der Waals surface area contributed by atoms with Gasteiger partial charge in [0.25, 0.3) is 0 Å². The van der Waals surface area contributed by atoms with Gasteiger partial charge in [-0.1, -0.05) is 17.7 Å². The van der Waals surface area contributed by atoms with Gasteiger partial charge >= 0.3 is 6.18 Å². The topological polar surface area (TPSA) is 28.2 Å². The normalized spacial score (nSPS) is 21.4. The van der Waals surface area contributed by atoms with Crippen molar-refractivity contribution >= 4 is 11.6 Å². The third-order valence-corrected chi connectivity index (χ3v) is 3.01. The van der Waals surface area contributed by atoms with E-state index in [1.807, 2.05) is 11.0 Å². The quantitative estimate of drug-likeness (QED) is 0.685. The van der Waals surface area contributed by atoms with Crippen molar-refractivity contribution in [2.24, 2.45) is 0 Å². The minimum Gasteiger partial charge on any atom is -0.297 e. The maximum atomic E-state index is 12.1. The maximum Gasteiger partial charge on any atom is 0.409 e. The first kappa shape index (κ1) is 14.3. The van der Waals surface area contributed by atoms with E-state index in [1.54, 1.807) is 12.3 Å². The van der Waals surface area contributed by atoms with Gasteiger partial charge in [-0.25, -0.2) is 4.98 Å². The van der Waals surface area contributed by atoms with Crippen LogP contribution < -0.4 is 5.32 Å². The molecule has 2 heterocycles. The molecular formula is C12H13ClF3N3. The molecule has 1 fully saturated rings. The largest absolute Gasteiger partial charge is 0.409 e. The van der Waals surface area contributed by atoms with Crippen LogP contribution >= 0.6 is 11.6 Å².